The Balaban J connectivity index is 2.60. The molecule has 16 heavy (non-hydrogen) atoms. The van der Waals surface area contributed by atoms with E-state index in [1.165, 1.54) is 0 Å². The van der Waals surface area contributed by atoms with Gasteiger partial charge in [-0.1, -0.05) is 12.1 Å². The standard InChI is InChI=1S/C12H18O4/c1-9(13)7-15-11-5-3-4-6-12(11)16-8-10(2)14/h3-6,9-10,13-14H,7-8H2,1-2H3/t9-,10-/m0/s1. The van der Waals surface area contributed by atoms with Crippen LogP contribution in [-0.2, 0) is 0 Å². The molecular formula is C12H18O4. The number of aliphatic hydroxyl groups excluding tert-OH is 2. The second-order valence-corrected chi connectivity index (χ2v) is 3.77. The molecule has 0 spiro atoms. The van der Waals surface area contributed by atoms with Crippen LogP contribution in [0.4, 0.5) is 0 Å². The molecule has 0 bridgehead atoms. The Kier molecular flexibility index (Phi) is 5.08. The normalized spacial score (nSPS) is 14.2. The molecule has 0 aliphatic rings. The number of ether oxygens (including phenoxy) is 2. The van der Waals surface area contributed by atoms with Gasteiger partial charge in [-0.25, -0.2) is 0 Å². The monoisotopic (exact) mass is 226 g/mol. The minimum atomic E-state index is -0.523. The van der Waals surface area contributed by atoms with Gasteiger partial charge in [-0.05, 0) is 26.0 Å². The fourth-order valence-electron chi connectivity index (χ4n) is 1.11. The van der Waals surface area contributed by atoms with Gasteiger partial charge in [-0.2, -0.15) is 0 Å². The van der Waals surface area contributed by atoms with Gasteiger partial charge in [0.15, 0.2) is 11.5 Å². The van der Waals surface area contributed by atoms with Crippen molar-refractivity contribution in [2.45, 2.75) is 26.1 Å². The molecule has 0 unspecified atom stereocenters. The predicted octanol–water partition coefficient (Wildman–Crippen LogP) is 1.21. The molecule has 2 atom stereocenters. The molecule has 2 N–H and O–H groups in total. The quantitative estimate of drug-likeness (QED) is 0.765. The van der Waals surface area contributed by atoms with Gasteiger partial charge >= 0.3 is 0 Å². The maximum Gasteiger partial charge on any atom is 0.161 e. The van der Waals surface area contributed by atoms with E-state index < -0.39 is 12.2 Å². The van der Waals surface area contributed by atoms with Crippen molar-refractivity contribution in [3.8, 4) is 11.5 Å². The number of aliphatic hydroxyl groups is 2. The van der Waals surface area contributed by atoms with Crippen LogP contribution in [0.1, 0.15) is 13.8 Å². The van der Waals surface area contributed by atoms with Gasteiger partial charge in [0.1, 0.15) is 13.2 Å². The molecule has 1 rings (SSSR count). The highest BCUT2D eigenvalue weighted by Crippen LogP contribution is 2.26. The first-order valence-electron chi connectivity index (χ1n) is 5.30. The fourth-order valence-corrected chi connectivity index (χ4v) is 1.11. The number of para-hydroxylation sites is 2. The van der Waals surface area contributed by atoms with Crippen LogP contribution < -0.4 is 9.47 Å². The third kappa shape index (κ3) is 4.51. The maximum absolute atomic E-state index is 9.12. The predicted molar refractivity (Wildman–Crippen MR) is 60.8 cm³/mol. The molecule has 4 nitrogen and oxygen atoms in total. The molecule has 0 aliphatic heterocycles. The summed E-state index contributed by atoms with van der Waals surface area (Å²) in [5, 5.41) is 18.2. The summed E-state index contributed by atoms with van der Waals surface area (Å²) in [6.45, 7) is 3.74. The van der Waals surface area contributed by atoms with Crippen molar-refractivity contribution in [1.82, 2.24) is 0 Å². The van der Waals surface area contributed by atoms with Gasteiger partial charge in [0.05, 0.1) is 12.2 Å². The molecule has 0 heterocycles. The molecule has 0 saturated heterocycles. The summed E-state index contributed by atoms with van der Waals surface area (Å²) in [4.78, 5) is 0. The molecule has 0 saturated carbocycles. The lowest BCUT2D eigenvalue weighted by Gasteiger charge is -2.14. The topological polar surface area (TPSA) is 58.9 Å². The van der Waals surface area contributed by atoms with Crippen LogP contribution in [0.2, 0.25) is 0 Å². The van der Waals surface area contributed by atoms with Crippen molar-refractivity contribution >= 4 is 0 Å². The second-order valence-electron chi connectivity index (χ2n) is 3.77. The van der Waals surface area contributed by atoms with E-state index in [1.54, 1.807) is 26.0 Å². The smallest absolute Gasteiger partial charge is 0.161 e. The largest absolute Gasteiger partial charge is 0.487 e. The van der Waals surface area contributed by atoms with Gasteiger partial charge in [0.25, 0.3) is 0 Å². The Morgan fingerprint density at radius 3 is 1.62 bits per heavy atom. The van der Waals surface area contributed by atoms with Gasteiger partial charge in [-0.15, -0.1) is 0 Å². The molecule has 0 aromatic heterocycles. The van der Waals surface area contributed by atoms with Crippen LogP contribution in [0.25, 0.3) is 0 Å². The van der Waals surface area contributed by atoms with Crippen molar-refractivity contribution in [2.24, 2.45) is 0 Å². The highest BCUT2D eigenvalue weighted by Gasteiger charge is 2.06. The molecule has 0 fully saturated rings. The summed E-state index contributed by atoms with van der Waals surface area (Å²) >= 11 is 0. The Labute approximate surface area is 95.4 Å². The summed E-state index contributed by atoms with van der Waals surface area (Å²) in [7, 11) is 0. The van der Waals surface area contributed by atoms with E-state index in [-0.39, 0.29) is 13.2 Å². The average molecular weight is 226 g/mol. The van der Waals surface area contributed by atoms with Crippen molar-refractivity contribution in [2.75, 3.05) is 13.2 Å². The van der Waals surface area contributed by atoms with Crippen LogP contribution >= 0.6 is 0 Å². The fraction of sp³-hybridized carbons (Fsp3) is 0.500. The zero-order valence-corrected chi connectivity index (χ0v) is 9.59. The molecule has 0 aliphatic carbocycles. The van der Waals surface area contributed by atoms with E-state index in [9.17, 15) is 0 Å². The summed E-state index contributed by atoms with van der Waals surface area (Å²) in [5.74, 6) is 1.15. The van der Waals surface area contributed by atoms with Crippen molar-refractivity contribution in [3.05, 3.63) is 24.3 Å². The van der Waals surface area contributed by atoms with E-state index in [0.29, 0.717) is 11.5 Å². The van der Waals surface area contributed by atoms with Gasteiger partial charge < -0.3 is 19.7 Å². The maximum atomic E-state index is 9.12. The summed E-state index contributed by atoms with van der Waals surface area (Å²) in [5.41, 5.74) is 0. The first-order chi connectivity index (χ1) is 7.59. The number of benzene rings is 1. The summed E-state index contributed by atoms with van der Waals surface area (Å²) in [6, 6.07) is 7.18. The van der Waals surface area contributed by atoms with Crippen molar-refractivity contribution in [3.63, 3.8) is 0 Å². The lowest BCUT2D eigenvalue weighted by atomic mass is 10.3. The average Bonchev–Trinajstić information content (AvgIpc) is 2.24. The van der Waals surface area contributed by atoms with Gasteiger partial charge in [-0.3, -0.25) is 0 Å². The number of hydrogen-bond acceptors (Lipinski definition) is 4. The Morgan fingerprint density at radius 1 is 0.938 bits per heavy atom. The molecular weight excluding hydrogens is 208 g/mol. The minimum absolute atomic E-state index is 0.217. The van der Waals surface area contributed by atoms with Crippen LogP contribution in [0.15, 0.2) is 24.3 Å². The second kappa shape index (κ2) is 6.35. The Bertz CT molecular complexity index is 279. The highest BCUT2D eigenvalue weighted by molar-refractivity contribution is 5.39. The van der Waals surface area contributed by atoms with Crippen molar-refractivity contribution < 1.29 is 19.7 Å². The molecule has 0 radical (unpaired) electrons. The first kappa shape index (κ1) is 12.8. The lowest BCUT2D eigenvalue weighted by Crippen LogP contribution is -2.15. The molecule has 90 valence electrons. The first-order valence-corrected chi connectivity index (χ1v) is 5.30. The van der Waals surface area contributed by atoms with E-state index in [1.807, 2.05) is 12.1 Å². The zero-order chi connectivity index (χ0) is 12.0. The molecule has 0 amide bonds. The Hall–Kier alpha value is -1.26. The lowest BCUT2D eigenvalue weighted by molar-refractivity contribution is 0.107. The van der Waals surface area contributed by atoms with E-state index in [4.69, 9.17) is 19.7 Å². The van der Waals surface area contributed by atoms with Gasteiger partial charge in [0, 0.05) is 0 Å². The van der Waals surface area contributed by atoms with Crippen LogP contribution in [-0.4, -0.2) is 35.6 Å². The zero-order valence-electron chi connectivity index (χ0n) is 9.59. The number of rotatable bonds is 6. The molecule has 4 heteroatoms. The van der Waals surface area contributed by atoms with Crippen molar-refractivity contribution in [1.29, 1.82) is 0 Å². The SMILES string of the molecule is C[C@H](O)COc1ccccc1OC[C@H](C)O. The van der Waals surface area contributed by atoms with Gasteiger partial charge in [0.2, 0.25) is 0 Å². The third-order valence-corrected chi connectivity index (χ3v) is 1.81. The minimum Gasteiger partial charge on any atom is -0.487 e. The van der Waals surface area contributed by atoms with Crippen LogP contribution in [0, 0.1) is 0 Å². The molecule has 1 aromatic rings. The Morgan fingerprint density at radius 2 is 1.31 bits per heavy atom. The van der Waals surface area contributed by atoms with Crippen LogP contribution in [0.3, 0.4) is 0 Å². The highest BCUT2D eigenvalue weighted by atomic mass is 16.5. The van der Waals surface area contributed by atoms with Crippen LogP contribution in [0.5, 0.6) is 11.5 Å². The van der Waals surface area contributed by atoms with E-state index in [0.717, 1.165) is 0 Å². The van der Waals surface area contributed by atoms with E-state index >= 15 is 0 Å². The summed E-state index contributed by atoms with van der Waals surface area (Å²) < 4.78 is 10.7. The number of hydrogen-bond donors (Lipinski definition) is 2. The van der Waals surface area contributed by atoms with E-state index in [2.05, 4.69) is 0 Å². The third-order valence-electron chi connectivity index (χ3n) is 1.81. The molecule has 1 aromatic carbocycles. The summed E-state index contributed by atoms with van der Waals surface area (Å²) in [6.07, 6.45) is -1.05.